The van der Waals surface area contributed by atoms with Crippen LogP contribution in [0.5, 0.6) is 0 Å². The first-order chi connectivity index (χ1) is 7.75. The summed E-state index contributed by atoms with van der Waals surface area (Å²) in [6, 6.07) is 5.50. The Balaban J connectivity index is 1.75. The molecule has 0 radical (unpaired) electrons. The van der Waals surface area contributed by atoms with Gasteiger partial charge in [-0.1, -0.05) is 6.07 Å². The van der Waals surface area contributed by atoms with Gasteiger partial charge in [0.25, 0.3) is 0 Å². The van der Waals surface area contributed by atoms with E-state index in [1.54, 1.807) is 0 Å². The highest BCUT2D eigenvalue weighted by molar-refractivity contribution is 5.08. The molecule has 1 unspecified atom stereocenters. The first kappa shape index (κ1) is 11.6. The standard InChI is InChI=1S/C13H21N3/c1-11(8-15-13-5-6-13)16(2)10-12-4-3-7-14-9-12/h3-4,7,9,11,13,15H,5-6,8,10H2,1-2H3. The van der Waals surface area contributed by atoms with Crippen molar-refractivity contribution in [3.63, 3.8) is 0 Å². The minimum absolute atomic E-state index is 0.570. The van der Waals surface area contributed by atoms with Crippen LogP contribution in [-0.4, -0.2) is 35.6 Å². The lowest BCUT2D eigenvalue weighted by atomic mass is 10.2. The minimum Gasteiger partial charge on any atom is -0.312 e. The van der Waals surface area contributed by atoms with Gasteiger partial charge in [-0.15, -0.1) is 0 Å². The highest BCUT2D eigenvalue weighted by Gasteiger charge is 2.21. The Morgan fingerprint density at radius 1 is 1.56 bits per heavy atom. The van der Waals surface area contributed by atoms with Crippen molar-refractivity contribution in [3.05, 3.63) is 30.1 Å². The monoisotopic (exact) mass is 219 g/mol. The number of aromatic nitrogens is 1. The summed E-state index contributed by atoms with van der Waals surface area (Å²) < 4.78 is 0. The molecule has 1 aromatic rings. The fourth-order valence-corrected chi connectivity index (χ4v) is 1.72. The third-order valence-corrected chi connectivity index (χ3v) is 3.19. The molecule has 16 heavy (non-hydrogen) atoms. The molecule has 88 valence electrons. The summed E-state index contributed by atoms with van der Waals surface area (Å²) in [4.78, 5) is 6.51. The molecule has 1 saturated carbocycles. The molecule has 1 aliphatic rings. The van der Waals surface area contributed by atoms with Gasteiger partial charge in [-0.2, -0.15) is 0 Å². The van der Waals surface area contributed by atoms with Gasteiger partial charge in [-0.25, -0.2) is 0 Å². The Morgan fingerprint density at radius 2 is 2.38 bits per heavy atom. The second-order valence-electron chi connectivity index (χ2n) is 4.81. The van der Waals surface area contributed by atoms with Crippen molar-refractivity contribution in [2.45, 2.75) is 38.4 Å². The Morgan fingerprint density at radius 3 is 3.00 bits per heavy atom. The molecule has 0 aliphatic heterocycles. The van der Waals surface area contributed by atoms with Crippen LogP contribution in [0.2, 0.25) is 0 Å². The van der Waals surface area contributed by atoms with Crippen molar-refractivity contribution >= 4 is 0 Å². The van der Waals surface area contributed by atoms with Crippen LogP contribution in [0.15, 0.2) is 24.5 Å². The van der Waals surface area contributed by atoms with E-state index in [2.05, 4.69) is 35.2 Å². The van der Waals surface area contributed by atoms with Crippen molar-refractivity contribution in [1.82, 2.24) is 15.2 Å². The molecule has 3 heteroatoms. The fraction of sp³-hybridized carbons (Fsp3) is 0.615. The van der Waals surface area contributed by atoms with Gasteiger partial charge in [0.2, 0.25) is 0 Å². The number of nitrogens with one attached hydrogen (secondary N) is 1. The second kappa shape index (κ2) is 5.41. The molecule has 0 bridgehead atoms. The average molecular weight is 219 g/mol. The largest absolute Gasteiger partial charge is 0.312 e. The quantitative estimate of drug-likeness (QED) is 0.788. The number of rotatable bonds is 6. The molecule has 1 fully saturated rings. The highest BCUT2D eigenvalue weighted by atomic mass is 15.1. The van der Waals surface area contributed by atoms with E-state index < -0.39 is 0 Å². The third kappa shape index (κ3) is 3.58. The number of likely N-dealkylation sites (N-methyl/N-ethyl adjacent to an activating group) is 1. The molecule has 1 heterocycles. The third-order valence-electron chi connectivity index (χ3n) is 3.19. The molecule has 0 spiro atoms. The van der Waals surface area contributed by atoms with Crippen molar-refractivity contribution in [2.75, 3.05) is 13.6 Å². The summed E-state index contributed by atoms with van der Waals surface area (Å²) >= 11 is 0. The van der Waals surface area contributed by atoms with Gasteiger partial charge in [0.15, 0.2) is 0 Å². The van der Waals surface area contributed by atoms with Crippen molar-refractivity contribution in [1.29, 1.82) is 0 Å². The summed E-state index contributed by atoms with van der Waals surface area (Å²) in [5.41, 5.74) is 1.28. The molecule has 0 aromatic carbocycles. The smallest absolute Gasteiger partial charge is 0.0312 e. The zero-order chi connectivity index (χ0) is 11.4. The summed E-state index contributed by atoms with van der Waals surface area (Å²) in [5, 5.41) is 3.57. The zero-order valence-electron chi connectivity index (χ0n) is 10.2. The maximum absolute atomic E-state index is 4.14. The van der Waals surface area contributed by atoms with Gasteiger partial charge in [0.05, 0.1) is 0 Å². The topological polar surface area (TPSA) is 28.2 Å². The first-order valence-corrected chi connectivity index (χ1v) is 6.08. The SMILES string of the molecule is CC(CNC1CC1)N(C)Cc1cccnc1. The Bertz CT molecular complexity index is 308. The minimum atomic E-state index is 0.570. The maximum atomic E-state index is 4.14. The molecule has 1 aliphatic carbocycles. The lowest BCUT2D eigenvalue weighted by Crippen LogP contribution is -2.38. The molecular weight excluding hydrogens is 198 g/mol. The van der Waals surface area contributed by atoms with Crippen LogP contribution in [0.25, 0.3) is 0 Å². The summed E-state index contributed by atoms with van der Waals surface area (Å²) in [5.74, 6) is 0. The molecule has 2 rings (SSSR count). The van der Waals surface area contributed by atoms with Crippen LogP contribution in [0.1, 0.15) is 25.3 Å². The van der Waals surface area contributed by atoms with E-state index in [0.29, 0.717) is 6.04 Å². The summed E-state index contributed by atoms with van der Waals surface area (Å²) in [7, 11) is 2.17. The van der Waals surface area contributed by atoms with E-state index in [1.807, 2.05) is 18.5 Å². The number of hydrogen-bond donors (Lipinski definition) is 1. The second-order valence-corrected chi connectivity index (χ2v) is 4.81. The van der Waals surface area contributed by atoms with Crippen molar-refractivity contribution < 1.29 is 0 Å². The van der Waals surface area contributed by atoms with E-state index in [0.717, 1.165) is 19.1 Å². The molecule has 3 nitrogen and oxygen atoms in total. The van der Waals surface area contributed by atoms with Crippen LogP contribution in [0.3, 0.4) is 0 Å². The molecule has 0 saturated heterocycles. The summed E-state index contributed by atoms with van der Waals surface area (Å²) in [6.07, 6.45) is 6.48. The van der Waals surface area contributed by atoms with Crippen LogP contribution in [0.4, 0.5) is 0 Å². The van der Waals surface area contributed by atoms with Gasteiger partial charge in [-0.05, 0) is 38.4 Å². The number of hydrogen-bond acceptors (Lipinski definition) is 3. The fourth-order valence-electron chi connectivity index (χ4n) is 1.72. The van der Waals surface area contributed by atoms with Gasteiger partial charge in [0.1, 0.15) is 0 Å². The predicted molar refractivity (Wildman–Crippen MR) is 66.2 cm³/mol. The Labute approximate surface area is 97.9 Å². The molecule has 0 amide bonds. The predicted octanol–water partition coefficient (Wildman–Crippen LogP) is 1.65. The van der Waals surface area contributed by atoms with Crippen molar-refractivity contribution in [2.24, 2.45) is 0 Å². The van der Waals surface area contributed by atoms with Gasteiger partial charge >= 0.3 is 0 Å². The molecule has 1 atom stereocenters. The maximum Gasteiger partial charge on any atom is 0.0312 e. The van der Waals surface area contributed by atoms with Gasteiger partial charge in [0, 0.05) is 37.6 Å². The van der Waals surface area contributed by atoms with Gasteiger partial charge in [-0.3, -0.25) is 9.88 Å². The molecule has 1 N–H and O–H groups in total. The van der Waals surface area contributed by atoms with E-state index in [-0.39, 0.29) is 0 Å². The van der Waals surface area contributed by atoms with E-state index in [1.165, 1.54) is 18.4 Å². The van der Waals surface area contributed by atoms with Crippen LogP contribution < -0.4 is 5.32 Å². The van der Waals surface area contributed by atoms with E-state index >= 15 is 0 Å². The lowest BCUT2D eigenvalue weighted by Gasteiger charge is -2.24. The summed E-state index contributed by atoms with van der Waals surface area (Å²) in [6.45, 7) is 4.33. The number of pyridine rings is 1. The first-order valence-electron chi connectivity index (χ1n) is 6.08. The lowest BCUT2D eigenvalue weighted by molar-refractivity contribution is 0.242. The average Bonchev–Trinajstić information content (AvgIpc) is 3.11. The molecular formula is C13H21N3. The Hall–Kier alpha value is -0.930. The van der Waals surface area contributed by atoms with Gasteiger partial charge < -0.3 is 5.32 Å². The van der Waals surface area contributed by atoms with Crippen LogP contribution in [-0.2, 0) is 6.54 Å². The van der Waals surface area contributed by atoms with Crippen molar-refractivity contribution in [3.8, 4) is 0 Å². The van der Waals surface area contributed by atoms with Crippen LogP contribution >= 0.6 is 0 Å². The Kier molecular flexibility index (Phi) is 3.91. The van der Waals surface area contributed by atoms with E-state index in [9.17, 15) is 0 Å². The van der Waals surface area contributed by atoms with E-state index in [4.69, 9.17) is 0 Å². The highest BCUT2D eigenvalue weighted by Crippen LogP contribution is 2.18. The zero-order valence-corrected chi connectivity index (χ0v) is 10.2. The normalized spacial score (nSPS) is 17.7. The van der Waals surface area contributed by atoms with Crippen LogP contribution in [0, 0.1) is 0 Å². The number of nitrogens with zero attached hydrogens (tertiary/aromatic N) is 2. The molecule has 1 aromatic heterocycles.